The number of benzene rings is 1. The molecule has 1 aromatic rings. The van der Waals surface area contributed by atoms with Crippen LogP contribution < -0.4 is 0 Å². The van der Waals surface area contributed by atoms with Gasteiger partial charge in [-0.15, -0.1) is 0 Å². The Morgan fingerprint density at radius 1 is 1.42 bits per heavy atom. The Hall–Kier alpha value is -1.88. The molecule has 5 heteroatoms. The van der Waals surface area contributed by atoms with Crippen LogP contribution in [-0.4, -0.2) is 32.2 Å². The van der Waals surface area contributed by atoms with E-state index >= 15 is 0 Å². The summed E-state index contributed by atoms with van der Waals surface area (Å²) in [6.07, 6.45) is 0.689. The topological polar surface area (TPSA) is 51.0 Å². The van der Waals surface area contributed by atoms with Crippen molar-refractivity contribution in [3.05, 3.63) is 41.3 Å². The first-order valence-electron chi connectivity index (χ1n) is 5.70. The fourth-order valence-electron chi connectivity index (χ4n) is 1.22. The summed E-state index contributed by atoms with van der Waals surface area (Å²) in [5.74, 6) is 0.419. The number of nitrogens with zero attached hydrogens (tertiary/aromatic N) is 2. The molecule has 0 heterocycles. The second kappa shape index (κ2) is 9.10. The Balaban J connectivity index is 2.71. The van der Waals surface area contributed by atoms with Gasteiger partial charge in [-0.05, 0) is 31.2 Å². The summed E-state index contributed by atoms with van der Waals surface area (Å²) in [6.45, 7) is 5.44. The minimum absolute atomic E-state index is 0.0167. The van der Waals surface area contributed by atoms with Gasteiger partial charge in [0.2, 0.25) is 5.90 Å². The van der Waals surface area contributed by atoms with Gasteiger partial charge >= 0.3 is 0 Å². The van der Waals surface area contributed by atoms with Gasteiger partial charge in [0.15, 0.2) is 6.29 Å². The Morgan fingerprint density at radius 3 is 2.79 bits per heavy atom. The molecule has 0 saturated heterocycles. The van der Waals surface area contributed by atoms with Crippen LogP contribution in [0.15, 0.2) is 56.2 Å². The van der Waals surface area contributed by atoms with E-state index < -0.39 is 0 Å². The summed E-state index contributed by atoms with van der Waals surface area (Å²) in [5.41, 5.74) is 0.847. The lowest BCUT2D eigenvalue weighted by molar-refractivity contribution is -0.109. The monoisotopic (exact) mass is 276 g/mol. The predicted octanol–water partition coefficient (Wildman–Crippen LogP) is 2.95. The molecule has 0 spiro atoms. The highest BCUT2D eigenvalue weighted by Crippen LogP contribution is 2.20. The molecule has 19 heavy (non-hydrogen) atoms. The van der Waals surface area contributed by atoms with Crippen molar-refractivity contribution in [3.8, 4) is 0 Å². The largest absolute Gasteiger partial charge is 0.470 e. The SMILES string of the molecule is C=NC/N=C(OCC=O)/C(C)=C/Sc1ccccc1. The summed E-state index contributed by atoms with van der Waals surface area (Å²) < 4.78 is 5.26. The van der Waals surface area contributed by atoms with Crippen LogP contribution in [0.2, 0.25) is 0 Å². The van der Waals surface area contributed by atoms with Crippen molar-refractivity contribution in [2.75, 3.05) is 13.3 Å². The lowest BCUT2D eigenvalue weighted by Crippen LogP contribution is -2.09. The zero-order chi connectivity index (χ0) is 13.9. The molecule has 0 saturated carbocycles. The molecular formula is C14H16N2O2S. The Kier molecular flexibility index (Phi) is 7.27. The number of thioether (sulfide) groups is 1. The molecule has 0 amide bonds. The molecule has 0 aliphatic rings. The van der Waals surface area contributed by atoms with Gasteiger partial charge < -0.3 is 4.74 Å². The highest BCUT2D eigenvalue weighted by molar-refractivity contribution is 8.02. The van der Waals surface area contributed by atoms with Crippen LogP contribution in [0.1, 0.15) is 6.92 Å². The molecule has 0 aliphatic heterocycles. The number of aliphatic imine (C=N–C) groups is 2. The van der Waals surface area contributed by atoms with E-state index in [0.717, 1.165) is 10.5 Å². The molecule has 4 nitrogen and oxygen atoms in total. The fraction of sp³-hybridized carbons (Fsp3) is 0.214. The number of rotatable bonds is 7. The van der Waals surface area contributed by atoms with Gasteiger partial charge in [0.1, 0.15) is 13.3 Å². The maximum absolute atomic E-state index is 10.3. The van der Waals surface area contributed by atoms with Gasteiger partial charge in [-0.25, -0.2) is 4.99 Å². The van der Waals surface area contributed by atoms with Gasteiger partial charge in [0.25, 0.3) is 0 Å². The number of hydrogen-bond donors (Lipinski definition) is 0. The lowest BCUT2D eigenvalue weighted by Gasteiger charge is -2.06. The lowest BCUT2D eigenvalue weighted by atomic mass is 10.3. The summed E-state index contributed by atoms with van der Waals surface area (Å²) in [4.78, 5) is 19.2. The van der Waals surface area contributed by atoms with Crippen molar-refractivity contribution in [3.63, 3.8) is 0 Å². The van der Waals surface area contributed by atoms with E-state index in [0.29, 0.717) is 12.2 Å². The highest BCUT2D eigenvalue weighted by atomic mass is 32.2. The van der Waals surface area contributed by atoms with E-state index in [1.807, 2.05) is 42.7 Å². The molecule has 100 valence electrons. The zero-order valence-electron chi connectivity index (χ0n) is 10.8. The second-order valence-corrected chi connectivity index (χ2v) is 4.48. The van der Waals surface area contributed by atoms with Crippen LogP contribution in [0.25, 0.3) is 0 Å². The fourth-order valence-corrected chi connectivity index (χ4v) is 1.95. The minimum Gasteiger partial charge on any atom is -0.470 e. The van der Waals surface area contributed by atoms with Crippen molar-refractivity contribution < 1.29 is 9.53 Å². The first kappa shape index (κ1) is 15.2. The first-order chi connectivity index (χ1) is 9.27. The van der Waals surface area contributed by atoms with E-state index in [4.69, 9.17) is 4.74 Å². The van der Waals surface area contributed by atoms with Crippen LogP contribution in [0, 0.1) is 0 Å². The van der Waals surface area contributed by atoms with E-state index in [1.54, 1.807) is 11.8 Å². The predicted molar refractivity (Wildman–Crippen MR) is 79.9 cm³/mol. The molecular weight excluding hydrogens is 260 g/mol. The highest BCUT2D eigenvalue weighted by Gasteiger charge is 2.03. The third-order valence-electron chi connectivity index (χ3n) is 2.05. The van der Waals surface area contributed by atoms with Crippen molar-refractivity contribution in [2.24, 2.45) is 9.98 Å². The molecule has 0 fully saturated rings. The van der Waals surface area contributed by atoms with Crippen LogP contribution in [0.4, 0.5) is 0 Å². The van der Waals surface area contributed by atoms with E-state index in [-0.39, 0.29) is 13.3 Å². The number of carbonyl (C=O) groups excluding carboxylic acids is 1. The summed E-state index contributed by atoms with van der Waals surface area (Å²) >= 11 is 1.57. The van der Waals surface area contributed by atoms with Gasteiger partial charge in [0, 0.05) is 10.5 Å². The van der Waals surface area contributed by atoms with E-state index in [9.17, 15) is 4.79 Å². The Labute approximate surface area is 117 Å². The van der Waals surface area contributed by atoms with Gasteiger partial charge in [-0.2, -0.15) is 0 Å². The van der Waals surface area contributed by atoms with Crippen LogP contribution in [0.3, 0.4) is 0 Å². The molecule has 0 aliphatic carbocycles. The molecule has 0 bridgehead atoms. The maximum atomic E-state index is 10.3. The summed E-state index contributed by atoms with van der Waals surface area (Å²) in [7, 11) is 0. The minimum atomic E-state index is -0.0167. The maximum Gasteiger partial charge on any atom is 0.214 e. The summed E-state index contributed by atoms with van der Waals surface area (Å²) in [5, 5.41) is 1.93. The number of ether oxygens (including phenoxy) is 1. The average molecular weight is 276 g/mol. The van der Waals surface area contributed by atoms with Crippen LogP contribution in [-0.2, 0) is 9.53 Å². The van der Waals surface area contributed by atoms with Crippen LogP contribution >= 0.6 is 11.8 Å². The van der Waals surface area contributed by atoms with Crippen molar-refractivity contribution in [2.45, 2.75) is 11.8 Å². The van der Waals surface area contributed by atoms with Gasteiger partial charge in [0.05, 0.1) is 0 Å². The zero-order valence-corrected chi connectivity index (χ0v) is 11.6. The Bertz CT molecular complexity index is 470. The quantitative estimate of drug-likeness (QED) is 0.333. The van der Waals surface area contributed by atoms with Crippen LogP contribution in [0.5, 0.6) is 0 Å². The molecule has 0 aromatic heterocycles. The smallest absolute Gasteiger partial charge is 0.214 e. The first-order valence-corrected chi connectivity index (χ1v) is 6.58. The number of aldehydes is 1. The molecule has 0 radical (unpaired) electrons. The molecule has 1 rings (SSSR count). The van der Waals surface area contributed by atoms with Crippen molar-refractivity contribution in [1.82, 2.24) is 0 Å². The standard InChI is InChI=1S/C14H16N2O2S/c1-12(10-19-13-6-4-3-5-7-13)14(16-11-15-2)18-9-8-17/h3-8,10H,2,9,11H2,1H3/b12-10+,16-14-. The van der Waals surface area contributed by atoms with E-state index in [1.165, 1.54) is 0 Å². The average Bonchev–Trinajstić information content (AvgIpc) is 2.46. The molecule has 1 aromatic carbocycles. The normalized spacial score (nSPS) is 12.1. The van der Waals surface area contributed by atoms with Crippen molar-refractivity contribution in [1.29, 1.82) is 0 Å². The third kappa shape index (κ3) is 6.01. The third-order valence-corrected chi connectivity index (χ3v) is 3.07. The molecule has 0 atom stereocenters. The summed E-state index contributed by atoms with van der Waals surface area (Å²) in [6, 6.07) is 9.96. The second-order valence-electron chi connectivity index (χ2n) is 3.54. The Morgan fingerprint density at radius 2 is 2.16 bits per heavy atom. The van der Waals surface area contributed by atoms with Gasteiger partial charge in [-0.3, -0.25) is 9.79 Å². The molecule has 0 unspecified atom stereocenters. The number of carbonyl (C=O) groups is 1. The van der Waals surface area contributed by atoms with Crippen molar-refractivity contribution >= 4 is 30.7 Å². The van der Waals surface area contributed by atoms with E-state index in [2.05, 4.69) is 16.7 Å². The molecule has 0 N–H and O–H groups in total. The number of hydrogen-bond acceptors (Lipinski definition) is 5. The van der Waals surface area contributed by atoms with Gasteiger partial charge in [-0.1, -0.05) is 30.0 Å².